The molecule has 0 radical (unpaired) electrons. The zero-order chi connectivity index (χ0) is 36.5. The molecule has 216 valence electrons. The Morgan fingerprint density at radius 3 is 1.25 bits per heavy atom. The van der Waals surface area contributed by atoms with E-state index in [-0.39, 0.29) is 82.4 Å². The second-order valence-corrected chi connectivity index (χ2v) is 12.3. The van der Waals surface area contributed by atoms with Crippen LogP contribution in [0.4, 0.5) is 0 Å². The highest BCUT2D eigenvalue weighted by Crippen LogP contribution is 2.31. The van der Waals surface area contributed by atoms with Gasteiger partial charge in [0, 0.05) is 10.0 Å². The Morgan fingerprint density at radius 1 is 0.675 bits per heavy atom. The fourth-order valence-corrected chi connectivity index (χ4v) is 4.09. The third-order valence-corrected chi connectivity index (χ3v) is 6.55. The fourth-order valence-electron chi connectivity index (χ4n) is 3.90. The second-order valence-electron chi connectivity index (χ2n) is 11.5. The summed E-state index contributed by atoms with van der Waals surface area (Å²) in [6.07, 6.45) is 4.11. The van der Waals surface area contributed by atoms with Crippen molar-refractivity contribution in [3.8, 4) is 0 Å². The van der Waals surface area contributed by atoms with E-state index in [0.29, 0.717) is 0 Å². The van der Waals surface area contributed by atoms with Crippen LogP contribution in [0, 0.1) is 10.8 Å². The summed E-state index contributed by atoms with van der Waals surface area (Å²) in [7, 11) is 0. The van der Waals surface area contributed by atoms with E-state index in [0.717, 1.165) is 0 Å². The first-order valence-electron chi connectivity index (χ1n) is 16.6. The van der Waals surface area contributed by atoms with Gasteiger partial charge in [0.15, 0.2) is 0 Å². The number of benzene rings is 2. The molecule has 2 aromatic carbocycles. The van der Waals surface area contributed by atoms with Gasteiger partial charge in [-0.1, -0.05) is 88.9 Å². The lowest BCUT2D eigenvalue weighted by Gasteiger charge is -2.33. The molecule has 2 heterocycles. The van der Waals surface area contributed by atoms with Crippen LogP contribution in [0.15, 0.2) is 73.6 Å². The van der Waals surface area contributed by atoms with Gasteiger partial charge in [-0.3, -0.25) is 0 Å². The summed E-state index contributed by atoms with van der Waals surface area (Å²) in [6.45, 7) is 11.2. The Balaban J connectivity index is 0.000000260. The average molecular weight is 596 g/mol. The predicted octanol–water partition coefficient (Wildman–Crippen LogP) is 6.24. The van der Waals surface area contributed by atoms with Gasteiger partial charge in [-0.25, -0.2) is 19.3 Å². The molecule has 2 N–H and O–H groups in total. The molecule has 2 aromatic heterocycles. The number of hydrogen-bond donors (Lipinski definition) is 2. The van der Waals surface area contributed by atoms with Gasteiger partial charge in [0.25, 0.3) is 0 Å². The molecule has 40 heavy (non-hydrogen) atoms. The molecule has 0 aliphatic rings. The minimum absolute atomic E-state index is 0.0778. The van der Waals surface area contributed by atoms with E-state index in [4.69, 9.17) is 34.2 Å². The van der Waals surface area contributed by atoms with E-state index in [9.17, 15) is 10.2 Å². The zero-order valence-electron chi connectivity index (χ0n) is 31.4. The molecule has 4 aromatic rings. The van der Waals surface area contributed by atoms with Crippen LogP contribution in [0.3, 0.4) is 0 Å². The Kier molecular flexibility index (Phi) is 7.51. The fraction of sp³-hybridized carbons (Fsp3) is 0.467. The summed E-state index contributed by atoms with van der Waals surface area (Å²) in [4.78, 5) is 7.79. The minimum Gasteiger partial charge on any atom is -0.390 e. The second kappa shape index (κ2) is 13.7. The number of halogens is 2. The molecule has 0 aliphatic carbocycles. The lowest BCUT2D eigenvalue weighted by atomic mass is 9.82. The van der Waals surface area contributed by atoms with Crippen LogP contribution in [0.1, 0.15) is 75.7 Å². The molecule has 0 fully saturated rings. The Hall–Kier alpha value is -2.78. The van der Waals surface area contributed by atoms with E-state index in [1.54, 1.807) is 0 Å². The van der Waals surface area contributed by atoms with E-state index >= 15 is 0 Å². The van der Waals surface area contributed by atoms with Crippen LogP contribution in [-0.2, 0) is 12.8 Å². The molecule has 8 nitrogen and oxygen atoms in total. The smallest absolute Gasteiger partial charge is 0.137 e. The molecule has 4 atom stereocenters. The van der Waals surface area contributed by atoms with Crippen molar-refractivity contribution in [2.75, 3.05) is 0 Å². The molecule has 0 saturated carbocycles. The first-order valence-corrected chi connectivity index (χ1v) is 13.4. The summed E-state index contributed by atoms with van der Waals surface area (Å²) >= 11 is 11.7. The van der Waals surface area contributed by atoms with Gasteiger partial charge in [0.05, 0.1) is 35.3 Å². The molecule has 10 heteroatoms. The van der Waals surface area contributed by atoms with Crippen LogP contribution < -0.4 is 0 Å². The molecule has 4 rings (SSSR count). The SMILES string of the molecule is [2H]c1c([2H])c(CC([C@@H](O)C(C)(C)C)n2cncn2)c([2H])c([2H])c1Cl.[2H]c1c([2H])c(C[C@H]([C@H](O)C(C)(C)C)n2cncn2)c([2H])c([2H])c1Cl. The van der Waals surface area contributed by atoms with Gasteiger partial charge in [-0.15, -0.1) is 0 Å². The average Bonchev–Trinajstić information content (AvgIpc) is 3.76. The van der Waals surface area contributed by atoms with Crippen LogP contribution in [0.25, 0.3) is 0 Å². The lowest BCUT2D eigenvalue weighted by Crippen LogP contribution is -2.37. The number of hydrogen-bond acceptors (Lipinski definition) is 6. The zero-order valence-corrected chi connectivity index (χ0v) is 24.9. The third-order valence-electron chi connectivity index (χ3n) is 6.18. The summed E-state index contributed by atoms with van der Waals surface area (Å²) in [5.41, 5.74) is -0.557. The van der Waals surface area contributed by atoms with Crippen molar-refractivity contribution in [2.24, 2.45) is 10.8 Å². The van der Waals surface area contributed by atoms with Crippen molar-refractivity contribution in [3.63, 3.8) is 0 Å². The van der Waals surface area contributed by atoms with Gasteiger partial charge in [0.2, 0.25) is 0 Å². The molecular formula is C30H40Cl2N6O2. The first-order chi connectivity index (χ1) is 22.1. The van der Waals surface area contributed by atoms with Crippen molar-refractivity contribution in [1.82, 2.24) is 29.5 Å². The Bertz CT molecular complexity index is 1530. The molecule has 0 aliphatic heterocycles. The third kappa shape index (κ3) is 9.13. The monoisotopic (exact) mass is 594 g/mol. The normalized spacial score (nSPS) is 17.9. The number of rotatable bonds is 8. The van der Waals surface area contributed by atoms with Crippen LogP contribution in [-0.4, -0.2) is 51.9 Å². The summed E-state index contributed by atoms with van der Waals surface area (Å²) in [6, 6.07) is -3.10. The summed E-state index contributed by atoms with van der Waals surface area (Å²) in [5.74, 6) is 0. The highest BCUT2D eigenvalue weighted by molar-refractivity contribution is 6.30. The number of aliphatic hydroxyl groups is 2. The molecule has 1 unspecified atom stereocenters. The molecule has 0 amide bonds. The summed E-state index contributed by atoms with van der Waals surface area (Å²) in [5, 5.41) is 29.2. The topological polar surface area (TPSA) is 102 Å². The molecule has 0 spiro atoms. The predicted molar refractivity (Wildman–Crippen MR) is 159 cm³/mol. The van der Waals surface area contributed by atoms with Gasteiger partial charge in [-0.05, 0) is 59.0 Å². The Labute approximate surface area is 258 Å². The first kappa shape index (κ1) is 21.9. The largest absolute Gasteiger partial charge is 0.390 e. The quantitative estimate of drug-likeness (QED) is 0.250. The highest BCUT2D eigenvalue weighted by atomic mass is 35.5. The van der Waals surface area contributed by atoms with Gasteiger partial charge in [0.1, 0.15) is 25.3 Å². The van der Waals surface area contributed by atoms with Gasteiger partial charge < -0.3 is 10.2 Å². The number of aliphatic hydroxyl groups excluding tert-OH is 2. The van der Waals surface area contributed by atoms with Crippen LogP contribution >= 0.6 is 23.2 Å². The van der Waals surface area contributed by atoms with Crippen molar-refractivity contribution < 1.29 is 21.2 Å². The van der Waals surface area contributed by atoms with E-state index < -0.39 is 35.1 Å². The lowest BCUT2D eigenvalue weighted by molar-refractivity contribution is 0.0124. The van der Waals surface area contributed by atoms with Gasteiger partial charge >= 0.3 is 0 Å². The van der Waals surface area contributed by atoms with E-state index in [1.807, 2.05) is 41.5 Å². The number of nitrogens with zero attached hydrogens (tertiary/aromatic N) is 6. The maximum atomic E-state index is 10.7. The maximum absolute atomic E-state index is 10.7. The van der Waals surface area contributed by atoms with Crippen LogP contribution in [0.2, 0.25) is 10.0 Å². The van der Waals surface area contributed by atoms with Crippen LogP contribution in [0.5, 0.6) is 0 Å². The highest BCUT2D eigenvalue weighted by Gasteiger charge is 2.33. The van der Waals surface area contributed by atoms with Crippen molar-refractivity contribution >= 4 is 23.2 Å². The Morgan fingerprint density at radius 2 is 1.00 bits per heavy atom. The van der Waals surface area contributed by atoms with E-state index in [1.165, 1.54) is 34.7 Å². The molecular weight excluding hydrogens is 547 g/mol. The maximum Gasteiger partial charge on any atom is 0.137 e. The van der Waals surface area contributed by atoms with E-state index in [2.05, 4.69) is 20.2 Å². The summed E-state index contributed by atoms with van der Waals surface area (Å²) < 4.78 is 66.7. The van der Waals surface area contributed by atoms with Gasteiger partial charge in [-0.2, -0.15) is 10.2 Å². The molecule has 0 bridgehead atoms. The van der Waals surface area contributed by atoms with Crippen molar-refractivity contribution in [2.45, 2.75) is 78.7 Å². The van der Waals surface area contributed by atoms with Crippen molar-refractivity contribution in [3.05, 3.63) is 94.8 Å². The minimum atomic E-state index is -0.836. The standard InChI is InChI=1S/2C15H20ClN3O/c2*1-15(2,3)14(20)13(19-10-17-9-18-19)8-11-4-6-12(16)7-5-11/h2*4-7,9-10,13-14,20H,8H2,1-3H3/t13?,14-;13-,14+/m11/s1/i2*4D,5D,6D,7D. The molecule has 0 saturated heterocycles. The number of aromatic nitrogens is 6. The van der Waals surface area contributed by atoms with Crippen molar-refractivity contribution in [1.29, 1.82) is 0 Å².